The van der Waals surface area contributed by atoms with Crippen LogP contribution in [0.15, 0.2) is 60.1 Å². The number of aryl methyl sites for hydroxylation is 2. The zero-order chi connectivity index (χ0) is 20.5. The average Bonchev–Trinajstić information content (AvgIpc) is 3.17. The monoisotopic (exact) mass is 384 g/mol. The van der Waals surface area contributed by atoms with E-state index in [2.05, 4.69) is 26.8 Å². The highest BCUT2D eigenvalue weighted by molar-refractivity contribution is 6.06. The minimum Gasteiger partial charge on any atom is -0.328 e. The van der Waals surface area contributed by atoms with Gasteiger partial charge in [0.15, 0.2) is 0 Å². The van der Waals surface area contributed by atoms with Crippen LogP contribution in [-0.4, -0.2) is 20.7 Å². The van der Waals surface area contributed by atoms with Crippen molar-refractivity contribution in [2.75, 3.05) is 10.6 Å². The van der Waals surface area contributed by atoms with E-state index in [1.807, 2.05) is 51.1 Å². The number of rotatable bonds is 3. The van der Waals surface area contributed by atoms with Crippen LogP contribution in [0.1, 0.15) is 35.2 Å². The second-order valence-electron chi connectivity index (χ2n) is 7.10. The lowest BCUT2D eigenvalue weighted by atomic mass is 9.94. The summed E-state index contributed by atoms with van der Waals surface area (Å²) in [6.45, 7) is 5.84. The Labute approximate surface area is 168 Å². The maximum absolute atomic E-state index is 13.3. The normalized spacial score (nSPS) is 15.3. The highest BCUT2D eigenvalue weighted by atomic mass is 16.1. The number of aromatic nitrogens is 3. The van der Waals surface area contributed by atoms with Gasteiger partial charge in [0.25, 0.3) is 5.91 Å². The van der Waals surface area contributed by atoms with Crippen LogP contribution >= 0.6 is 0 Å². The molecular formula is C22H20N6O. The van der Waals surface area contributed by atoms with Crippen LogP contribution in [0.4, 0.5) is 11.6 Å². The van der Waals surface area contributed by atoms with Gasteiger partial charge in [-0.2, -0.15) is 15.3 Å². The molecule has 0 saturated heterocycles. The maximum Gasteiger partial charge on any atom is 0.255 e. The SMILES string of the molecule is CC1=C(C(=O)Nc2ccc(C)cc2C)[C@H](c2ccc(C#N)cc2)n2ncnc2N1. The number of benzene rings is 2. The van der Waals surface area contributed by atoms with Crippen molar-refractivity contribution in [3.05, 3.63) is 82.3 Å². The fourth-order valence-corrected chi connectivity index (χ4v) is 3.58. The Morgan fingerprint density at radius 1 is 1.17 bits per heavy atom. The minimum atomic E-state index is -0.452. The van der Waals surface area contributed by atoms with Crippen molar-refractivity contribution >= 4 is 17.5 Å². The molecule has 0 aliphatic carbocycles. The highest BCUT2D eigenvalue weighted by Gasteiger charge is 2.33. The van der Waals surface area contributed by atoms with E-state index in [1.54, 1.807) is 16.8 Å². The molecule has 2 heterocycles. The third kappa shape index (κ3) is 3.36. The molecule has 0 bridgehead atoms. The van der Waals surface area contributed by atoms with Gasteiger partial charge < -0.3 is 10.6 Å². The van der Waals surface area contributed by atoms with Crippen LogP contribution in [0, 0.1) is 25.2 Å². The van der Waals surface area contributed by atoms with E-state index < -0.39 is 6.04 Å². The standard InChI is InChI=1S/C22H20N6O/c1-13-4-9-18(14(2)10-13)27-21(29)19-15(3)26-22-24-12-25-28(22)20(19)17-7-5-16(11-23)6-8-17/h4-10,12,20H,1-3H3,(H,27,29)(H,24,25,26)/t20-/m0/s1. The number of carbonyl (C=O) groups excluding carboxylic acids is 1. The fourth-order valence-electron chi connectivity index (χ4n) is 3.58. The molecule has 0 fully saturated rings. The van der Waals surface area contributed by atoms with Gasteiger partial charge in [0.1, 0.15) is 12.4 Å². The van der Waals surface area contributed by atoms with Gasteiger partial charge in [0.2, 0.25) is 5.95 Å². The number of fused-ring (bicyclic) bond motifs is 1. The number of nitrogens with zero attached hydrogens (tertiary/aromatic N) is 4. The van der Waals surface area contributed by atoms with Crippen molar-refractivity contribution in [1.82, 2.24) is 14.8 Å². The molecular weight excluding hydrogens is 364 g/mol. The fraction of sp³-hybridized carbons (Fsp3) is 0.182. The molecule has 1 aromatic heterocycles. The summed E-state index contributed by atoms with van der Waals surface area (Å²) in [4.78, 5) is 17.6. The quantitative estimate of drug-likeness (QED) is 0.718. The summed E-state index contributed by atoms with van der Waals surface area (Å²) < 4.78 is 1.69. The number of allylic oxidation sites excluding steroid dienone is 1. The number of anilines is 2. The van der Waals surface area contributed by atoms with Crippen molar-refractivity contribution < 1.29 is 4.79 Å². The van der Waals surface area contributed by atoms with Crippen molar-refractivity contribution in [3.63, 3.8) is 0 Å². The lowest BCUT2D eigenvalue weighted by Crippen LogP contribution is -2.31. The Morgan fingerprint density at radius 3 is 2.62 bits per heavy atom. The van der Waals surface area contributed by atoms with Crippen molar-refractivity contribution in [2.45, 2.75) is 26.8 Å². The second kappa shape index (κ2) is 7.24. The lowest BCUT2D eigenvalue weighted by Gasteiger charge is -2.29. The molecule has 0 unspecified atom stereocenters. The Kier molecular flexibility index (Phi) is 4.61. The van der Waals surface area contributed by atoms with Crippen LogP contribution < -0.4 is 10.6 Å². The number of hydrogen-bond donors (Lipinski definition) is 2. The third-order valence-corrected chi connectivity index (χ3v) is 5.02. The van der Waals surface area contributed by atoms with Gasteiger partial charge in [0, 0.05) is 11.4 Å². The predicted octanol–water partition coefficient (Wildman–Crippen LogP) is 3.69. The predicted molar refractivity (Wildman–Crippen MR) is 110 cm³/mol. The Morgan fingerprint density at radius 2 is 1.93 bits per heavy atom. The summed E-state index contributed by atoms with van der Waals surface area (Å²) in [5, 5.41) is 19.6. The molecule has 7 nitrogen and oxygen atoms in total. The molecule has 29 heavy (non-hydrogen) atoms. The number of amides is 1. The molecule has 4 rings (SSSR count). The molecule has 2 aromatic carbocycles. The molecule has 1 aliphatic heterocycles. The van der Waals surface area contributed by atoms with Crippen LogP contribution in [-0.2, 0) is 4.79 Å². The lowest BCUT2D eigenvalue weighted by molar-refractivity contribution is -0.113. The number of hydrogen-bond acceptors (Lipinski definition) is 5. The summed E-state index contributed by atoms with van der Waals surface area (Å²) in [6.07, 6.45) is 1.46. The second-order valence-corrected chi connectivity index (χ2v) is 7.10. The Balaban J connectivity index is 1.76. The van der Waals surface area contributed by atoms with Crippen molar-refractivity contribution in [1.29, 1.82) is 5.26 Å². The van der Waals surface area contributed by atoms with E-state index in [4.69, 9.17) is 5.26 Å². The summed E-state index contributed by atoms with van der Waals surface area (Å²) >= 11 is 0. The first-order valence-electron chi connectivity index (χ1n) is 9.24. The summed E-state index contributed by atoms with van der Waals surface area (Å²) in [7, 11) is 0. The van der Waals surface area contributed by atoms with Crippen LogP contribution in [0.2, 0.25) is 0 Å². The van der Waals surface area contributed by atoms with E-state index >= 15 is 0 Å². The van der Waals surface area contributed by atoms with Gasteiger partial charge in [-0.3, -0.25) is 4.79 Å². The zero-order valence-electron chi connectivity index (χ0n) is 16.4. The number of carbonyl (C=O) groups is 1. The Hall–Kier alpha value is -3.92. The van der Waals surface area contributed by atoms with Crippen LogP contribution in [0.25, 0.3) is 0 Å². The third-order valence-electron chi connectivity index (χ3n) is 5.02. The van der Waals surface area contributed by atoms with E-state index in [0.29, 0.717) is 22.8 Å². The molecule has 1 amide bonds. The smallest absolute Gasteiger partial charge is 0.255 e. The molecule has 0 spiro atoms. The highest BCUT2D eigenvalue weighted by Crippen LogP contribution is 2.35. The maximum atomic E-state index is 13.3. The van der Waals surface area contributed by atoms with E-state index in [9.17, 15) is 4.79 Å². The van der Waals surface area contributed by atoms with Crippen LogP contribution in [0.3, 0.4) is 0 Å². The van der Waals surface area contributed by atoms with Gasteiger partial charge in [-0.1, -0.05) is 29.8 Å². The van der Waals surface area contributed by atoms with Crippen molar-refractivity contribution in [2.24, 2.45) is 0 Å². The molecule has 0 radical (unpaired) electrons. The Bertz CT molecular complexity index is 1170. The van der Waals surface area contributed by atoms with Crippen LogP contribution in [0.5, 0.6) is 0 Å². The van der Waals surface area contributed by atoms with E-state index in [0.717, 1.165) is 22.4 Å². The van der Waals surface area contributed by atoms with Gasteiger partial charge in [-0.25, -0.2) is 4.68 Å². The molecule has 1 atom stereocenters. The summed E-state index contributed by atoms with van der Waals surface area (Å²) in [5.41, 5.74) is 5.57. The molecule has 2 N–H and O–H groups in total. The number of nitrogens with one attached hydrogen (secondary N) is 2. The van der Waals surface area contributed by atoms with Gasteiger partial charge in [-0.05, 0) is 50.1 Å². The first-order valence-corrected chi connectivity index (χ1v) is 9.24. The summed E-state index contributed by atoms with van der Waals surface area (Å²) in [5.74, 6) is 0.359. The van der Waals surface area contributed by atoms with Gasteiger partial charge >= 0.3 is 0 Å². The van der Waals surface area contributed by atoms with Gasteiger partial charge in [0.05, 0.1) is 17.2 Å². The average molecular weight is 384 g/mol. The molecule has 0 saturated carbocycles. The minimum absolute atomic E-state index is 0.211. The summed E-state index contributed by atoms with van der Waals surface area (Å²) in [6, 6.07) is 14.7. The molecule has 1 aliphatic rings. The molecule has 144 valence electrons. The van der Waals surface area contributed by atoms with E-state index in [1.165, 1.54) is 6.33 Å². The first-order chi connectivity index (χ1) is 14.0. The van der Waals surface area contributed by atoms with E-state index in [-0.39, 0.29) is 5.91 Å². The topological polar surface area (TPSA) is 95.6 Å². The largest absolute Gasteiger partial charge is 0.328 e. The first kappa shape index (κ1) is 18.4. The molecule has 3 aromatic rings. The van der Waals surface area contributed by atoms with Gasteiger partial charge in [-0.15, -0.1) is 0 Å². The zero-order valence-corrected chi connectivity index (χ0v) is 16.4. The number of nitriles is 1. The van der Waals surface area contributed by atoms with Crippen molar-refractivity contribution in [3.8, 4) is 6.07 Å². The molecule has 7 heteroatoms.